The number of benzene rings is 1. The van der Waals surface area contributed by atoms with Crippen LogP contribution in [0.4, 0.5) is 23.4 Å². The van der Waals surface area contributed by atoms with E-state index in [-0.39, 0.29) is 22.5 Å². The molecule has 1 aromatic carbocycles. The summed E-state index contributed by atoms with van der Waals surface area (Å²) in [6, 6.07) is 7.49. The van der Waals surface area contributed by atoms with Crippen molar-refractivity contribution in [2.24, 2.45) is 0 Å². The molecule has 13 heteroatoms. The van der Waals surface area contributed by atoms with Crippen LogP contribution in [0.25, 0.3) is 11.0 Å². The van der Waals surface area contributed by atoms with Gasteiger partial charge in [0.1, 0.15) is 12.2 Å². The number of aryl methyl sites for hydroxylation is 2. The molecule has 0 aliphatic rings. The number of hydrogen-bond donors (Lipinski definition) is 1. The molecule has 4 rings (SSSR count). The number of nitrogens with one attached hydrogen (secondary N) is 1. The number of pyridine rings is 1. The lowest BCUT2D eigenvalue weighted by molar-refractivity contribution is -0.116. The van der Waals surface area contributed by atoms with Crippen molar-refractivity contribution < 1.29 is 22.4 Å². The van der Waals surface area contributed by atoms with E-state index >= 15 is 0 Å². The lowest BCUT2D eigenvalue weighted by atomic mass is 10.1. The van der Waals surface area contributed by atoms with Crippen LogP contribution in [0.2, 0.25) is 10.0 Å². The highest BCUT2D eigenvalue weighted by Gasteiger charge is 2.24. The summed E-state index contributed by atoms with van der Waals surface area (Å²) >= 11 is 12.0. The zero-order valence-corrected chi connectivity index (χ0v) is 19.9. The number of alkyl halides is 4. The van der Waals surface area contributed by atoms with Gasteiger partial charge in [0.05, 0.1) is 27.7 Å². The van der Waals surface area contributed by atoms with E-state index in [1.165, 1.54) is 6.92 Å². The summed E-state index contributed by atoms with van der Waals surface area (Å²) in [6.07, 6.45) is -6.07. The highest BCUT2D eigenvalue weighted by molar-refractivity contribution is 6.42. The Bertz CT molecular complexity index is 1420. The summed E-state index contributed by atoms with van der Waals surface area (Å²) in [6.45, 7) is 3.18. The molecule has 0 unspecified atom stereocenters. The summed E-state index contributed by atoms with van der Waals surface area (Å²) in [5, 5.41) is 11.8. The fourth-order valence-electron chi connectivity index (χ4n) is 3.66. The molecule has 0 saturated carbocycles. The minimum atomic E-state index is -3.06. The van der Waals surface area contributed by atoms with Crippen LogP contribution >= 0.6 is 23.2 Å². The van der Waals surface area contributed by atoms with Crippen LogP contribution < -0.4 is 5.32 Å². The molecule has 0 bridgehead atoms. The maximum Gasteiger partial charge on any atom is 0.280 e. The van der Waals surface area contributed by atoms with Crippen molar-refractivity contribution in [3.63, 3.8) is 0 Å². The minimum Gasteiger partial charge on any atom is -0.308 e. The Hall–Kier alpha value is -3.18. The molecule has 0 aliphatic heterocycles. The lowest BCUT2D eigenvalue weighted by Gasteiger charge is -2.08. The second-order valence-corrected chi connectivity index (χ2v) is 8.62. The van der Waals surface area contributed by atoms with Crippen LogP contribution in [-0.2, 0) is 17.9 Å². The predicted molar refractivity (Wildman–Crippen MR) is 123 cm³/mol. The van der Waals surface area contributed by atoms with Crippen LogP contribution in [-0.4, -0.2) is 30.5 Å². The van der Waals surface area contributed by atoms with E-state index < -0.39 is 36.6 Å². The van der Waals surface area contributed by atoms with E-state index in [0.717, 1.165) is 15.9 Å². The van der Waals surface area contributed by atoms with Gasteiger partial charge < -0.3 is 5.32 Å². The van der Waals surface area contributed by atoms with Gasteiger partial charge >= 0.3 is 0 Å². The summed E-state index contributed by atoms with van der Waals surface area (Å²) in [5.74, 6) is -0.341. The molecule has 7 nitrogen and oxygen atoms in total. The number of carbonyl (C=O) groups excluding carboxylic acids is 1. The number of aromatic nitrogens is 5. The standard InChI is InChI=1S/C22H18Cl2F4N6O/c1-10-5-17(32-33(10)8-12-3-4-14(23)15(24)6-12)30-18(35)9-34-22-19(11(2)31-34)13(20(25)26)7-16(29-22)21(27)28/h3-7,20-21H,8-9H2,1-2H3,(H,30,32,35). The molecule has 0 saturated heterocycles. The van der Waals surface area contributed by atoms with Gasteiger partial charge in [-0.15, -0.1) is 0 Å². The van der Waals surface area contributed by atoms with E-state index in [9.17, 15) is 22.4 Å². The molecular weight excluding hydrogens is 511 g/mol. The summed E-state index contributed by atoms with van der Waals surface area (Å²) in [4.78, 5) is 16.4. The first kappa shape index (κ1) is 24.9. The van der Waals surface area contributed by atoms with Gasteiger partial charge in [0.25, 0.3) is 12.9 Å². The molecule has 3 aromatic heterocycles. The lowest BCUT2D eigenvalue weighted by Crippen LogP contribution is -2.20. The maximum absolute atomic E-state index is 13.5. The van der Waals surface area contributed by atoms with Crippen LogP contribution in [0, 0.1) is 13.8 Å². The van der Waals surface area contributed by atoms with Crippen LogP contribution in [0.15, 0.2) is 30.3 Å². The Kier molecular flexibility index (Phi) is 7.00. The Morgan fingerprint density at radius 1 is 1.00 bits per heavy atom. The maximum atomic E-state index is 13.5. The fourth-order valence-corrected chi connectivity index (χ4v) is 3.98. The van der Waals surface area contributed by atoms with Gasteiger partial charge in [-0.05, 0) is 37.6 Å². The van der Waals surface area contributed by atoms with E-state index in [4.69, 9.17) is 23.2 Å². The molecule has 184 valence electrons. The van der Waals surface area contributed by atoms with E-state index in [2.05, 4.69) is 20.5 Å². The number of rotatable bonds is 7. The number of hydrogen-bond acceptors (Lipinski definition) is 4. The quantitative estimate of drug-likeness (QED) is 0.293. The molecule has 1 amide bonds. The molecule has 1 N–H and O–H groups in total. The van der Waals surface area contributed by atoms with Crippen molar-refractivity contribution in [1.82, 2.24) is 24.5 Å². The van der Waals surface area contributed by atoms with Crippen LogP contribution in [0.3, 0.4) is 0 Å². The average Bonchev–Trinajstić information content (AvgIpc) is 3.28. The Morgan fingerprint density at radius 2 is 1.74 bits per heavy atom. The number of carbonyl (C=O) groups is 1. The van der Waals surface area contributed by atoms with Gasteiger partial charge in [0.15, 0.2) is 11.5 Å². The van der Waals surface area contributed by atoms with Gasteiger partial charge in [-0.3, -0.25) is 9.48 Å². The van der Waals surface area contributed by atoms with Gasteiger partial charge in [0, 0.05) is 17.3 Å². The molecular formula is C22H18Cl2F4N6O. The van der Waals surface area contributed by atoms with Crippen molar-refractivity contribution >= 4 is 46.0 Å². The van der Waals surface area contributed by atoms with Crippen LogP contribution in [0.1, 0.15) is 41.1 Å². The SMILES string of the molecule is Cc1nn(CC(=O)Nc2cc(C)n(Cc3ccc(Cl)c(Cl)c3)n2)c2nc(C(F)F)cc(C(F)F)c12. The third-order valence-electron chi connectivity index (χ3n) is 5.24. The molecule has 35 heavy (non-hydrogen) atoms. The largest absolute Gasteiger partial charge is 0.308 e. The molecule has 0 fully saturated rings. The highest BCUT2D eigenvalue weighted by atomic mass is 35.5. The third kappa shape index (κ3) is 5.25. The second-order valence-electron chi connectivity index (χ2n) is 7.80. The molecule has 0 radical (unpaired) electrons. The average molecular weight is 529 g/mol. The summed E-state index contributed by atoms with van der Waals surface area (Å²) in [5.41, 5.74) is 0.108. The Balaban J connectivity index is 1.55. The van der Waals surface area contributed by atoms with Crippen molar-refractivity contribution in [3.05, 3.63) is 68.6 Å². The van der Waals surface area contributed by atoms with Gasteiger partial charge in [-0.25, -0.2) is 27.2 Å². The van der Waals surface area contributed by atoms with Crippen molar-refractivity contribution in [2.75, 3.05) is 5.32 Å². The van der Waals surface area contributed by atoms with E-state index in [1.54, 1.807) is 35.9 Å². The number of amides is 1. The topological polar surface area (TPSA) is 77.6 Å². The van der Waals surface area contributed by atoms with Crippen molar-refractivity contribution in [3.8, 4) is 0 Å². The van der Waals surface area contributed by atoms with Gasteiger partial charge in [-0.2, -0.15) is 10.2 Å². The Morgan fingerprint density at radius 3 is 2.40 bits per heavy atom. The van der Waals surface area contributed by atoms with Crippen molar-refractivity contribution in [2.45, 2.75) is 39.8 Å². The highest BCUT2D eigenvalue weighted by Crippen LogP contribution is 2.32. The second kappa shape index (κ2) is 9.82. The fraction of sp³-hybridized carbons (Fsp3) is 0.273. The minimum absolute atomic E-state index is 0.0565. The van der Waals surface area contributed by atoms with E-state index in [0.29, 0.717) is 22.7 Å². The van der Waals surface area contributed by atoms with Crippen molar-refractivity contribution in [1.29, 1.82) is 0 Å². The zero-order valence-electron chi connectivity index (χ0n) is 18.4. The number of fused-ring (bicyclic) bond motifs is 1. The molecule has 3 heterocycles. The first-order valence-electron chi connectivity index (χ1n) is 10.3. The van der Waals surface area contributed by atoms with Gasteiger partial charge in [-0.1, -0.05) is 29.3 Å². The predicted octanol–water partition coefficient (Wildman–Crippen LogP) is 6.11. The third-order valence-corrected chi connectivity index (χ3v) is 5.98. The van der Waals surface area contributed by atoms with Gasteiger partial charge in [0.2, 0.25) is 5.91 Å². The molecule has 0 atom stereocenters. The number of nitrogens with zero attached hydrogens (tertiary/aromatic N) is 5. The normalized spacial score (nSPS) is 11.7. The summed E-state index contributed by atoms with van der Waals surface area (Å²) in [7, 11) is 0. The first-order chi connectivity index (χ1) is 16.5. The zero-order chi connectivity index (χ0) is 25.4. The number of halogens is 6. The smallest absolute Gasteiger partial charge is 0.280 e. The number of anilines is 1. The molecule has 4 aromatic rings. The molecule has 0 aliphatic carbocycles. The molecule has 0 spiro atoms. The summed E-state index contributed by atoms with van der Waals surface area (Å²) < 4.78 is 56.1. The van der Waals surface area contributed by atoms with Crippen LogP contribution in [0.5, 0.6) is 0 Å². The van der Waals surface area contributed by atoms with E-state index in [1.807, 2.05) is 0 Å². The monoisotopic (exact) mass is 528 g/mol. The Labute approximate surface area is 206 Å². The first-order valence-corrected chi connectivity index (χ1v) is 11.0.